The number of benzene rings is 2. The lowest BCUT2D eigenvalue weighted by atomic mass is 10.0. The number of nitrogens with zero attached hydrogens (tertiary/aromatic N) is 2. The number of nitrogens with two attached hydrogens (primary N) is 1. The molecule has 2 aromatic rings. The molecule has 1 saturated heterocycles. The smallest absolute Gasteiger partial charge is 0.224 e. The Morgan fingerprint density at radius 1 is 1.00 bits per heavy atom. The predicted octanol–water partition coefficient (Wildman–Crippen LogP) is 3.28. The van der Waals surface area contributed by atoms with Crippen LogP contribution in [0.4, 0.5) is 5.69 Å². The monoisotopic (exact) mass is 411 g/mol. The van der Waals surface area contributed by atoms with Crippen LogP contribution in [0.1, 0.15) is 18.0 Å². The number of amides is 1. The zero-order valence-corrected chi connectivity index (χ0v) is 17.0. The van der Waals surface area contributed by atoms with Gasteiger partial charge in [-0.3, -0.25) is 4.79 Å². The number of carbonyl (C=O) groups is 1. The fraction of sp³-hybridized carbons (Fsp3) is 0.350. The van der Waals surface area contributed by atoms with Crippen molar-refractivity contribution < 1.29 is 9.53 Å². The van der Waals surface area contributed by atoms with Crippen molar-refractivity contribution in [2.45, 2.75) is 12.5 Å². The van der Waals surface area contributed by atoms with E-state index in [1.807, 2.05) is 53.4 Å². The van der Waals surface area contributed by atoms with Crippen LogP contribution in [0.3, 0.4) is 0 Å². The van der Waals surface area contributed by atoms with Gasteiger partial charge in [0.15, 0.2) is 0 Å². The molecule has 1 atom stereocenters. The SMILES string of the molecule is COc1ccccc1N1CCN(C(=O)CC(N)c2ccccc2)CC1.Cl.Cl. The first kappa shape index (κ1) is 23.1. The van der Waals surface area contributed by atoms with Crippen molar-refractivity contribution in [1.82, 2.24) is 4.90 Å². The molecule has 1 amide bonds. The van der Waals surface area contributed by atoms with Crippen LogP contribution in [0.5, 0.6) is 5.75 Å². The second-order valence-corrected chi connectivity index (χ2v) is 6.26. The van der Waals surface area contributed by atoms with Gasteiger partial charge in [0.2, 0.25) is 5.91 Å². The molecule has 1 heterocycles. The first-order chi connectivity index (χ1) is 12.2. The van der Waals surface area contributed by atoms with E-state index in [9.17, 15) is 4.79 Å². The van der Waals surface area contributed by atoms with Crippen LogP contribution in [0.2, 0.25) is 0 Å². The molecule has 0 bridgehead atoms. The van der Waals surface area contributed by atoms with Gasteiger partial charge in [-0.1, -0.05) is 42.5 Å². The third-order valence-corrected chi connectivity index (χ3v) is 4.68. The number of ether oxygens (including phenoxy) is 1. The van der Waals surface area contributed by atoms with Crippen molar-refractivity contribution >= 4 is 36.4 Å². The molecule has 1 fully saturated rings. The summed E-state index contributed by atoms with van der Waals surface area (Å²) in [6.45, 7) is 3.01. The number of piperazine rings is 1. The molecule has 0 radical (unpaired) electrons. The lowest BCUT2D eigenvalue weighted by Gasteiger charge is -2.37. The van der Waals surface area contributed by atoms with Crippen LogP contribution in [0.25, 0.3) is 0 Å². The summed E-state index contributed by atoms with van der Waals surface area (Å²) in [5.41, 5.74) is 8.27. The molecular formula is C20H27Cl2N3O2. The highest BCUT2D eigenvalue weighted by Crippen LogP contribution is 2.28. The van der Waals surface area contributed by atoms with Crippen molar-refractivity contribution in [1.29, 1.82) is 0 Å². The predicted molar refractivity (Wildman–Crippen MR) is 114 cm³/mol. The summed E-state index contributed by atoms with van der Waals surface area (Å²) in [6, 6.07) is 17.5. The first-order valence-electron chi connectivity index (χ1n) is 8.65. The van der Waals surface area contributed by atoms with Gasteiger partial charge in [-0.05, 0) is 17.7 Å². The second-order valence-electron chi connectivity index (χ2n) is 6.26. The van der Waals surface area contributed by atoms with Crippen LogP contribution in [0, 0.1) is 0 Å². The molecule has 1 aliphatic heterocycles. The highest BCUT2D eigenvalue weighted by molar-refractivity contribution is 5.85. The zero-order chi connectivity index (χ0) is 17.6. The van der Waals surface area contributed by atoms with E-state index < -0.39 is 0 Å². The lowest BCUT2D eigenvalue weighted by Crippen LogP contribution is -2.49. The number of halogens is 2. The normalized spacial score (nSPS) is 14.6. The Kier molecular flexibility index (Phi) is 9.43. The van der Waals surface area contributed by atoms with Gasteiger partial charge in [0.05, 0.1) is 12.8 Å². The van der Waals surface area contributed by atoms with Gasteiger partial charge >= 0.3 is 0 Å². The van der Waals surface area contributed by atoms with Crippen molar-refractivity contribution in [2.24, 2.45) is 5.73 Å². The first-order valence-corrected chi connectivity index (χ1v) is 8.65. The van der Waals surface area contributed by atoms with Gasteiger partial charge in [-0.15, -0.1) is 24.8 Å². The Morgan fingerprint density at radius 2 is 1.59 bits per heavy atom. The number of hydrogen-bond acceptors (Lipinski definition) is 4. The Morgan fingerprint density at radius 3 is 2.22 bits per heavy atom. The van der Waals surface area contributed by atoms with E-state index in [4.69, 9.17) is 10.5 Å². The number of anilines is 1. The molecule has 1 aliphatic rings. The average molecular weight is 412 g/mol. The molecule has 1 unspecified atom stereocenters. The quantitative estimate of drug-likeness (QED) is 0.819. The summed E-state index contributed by atoms with van der Waals surface area (Å²) in [4.78, 5) is 16.7. The van der Waals surface area contributed by atoms with Gasteiger partial charge in [-0.25, -0.2) is 0 Å². The van der Waals surface area contributed by atoms with Crippen molar-refractivity contribution in [3.8, 4) is 5.75 Å². The van der Waals surface area contributed by atoms with Gasteiger partial charge in [0.25, 0.3) is 0 Å². The standard InChI is InChI=1S/C20H25N3O2.2ClH/c1-25-19-10-6-5-9-18(19)22-11-13-23(14-12-22)20(24)15-17(21)16-7-3-2-4-8-16;;/h2-10,17H,11-15,21H2,1H3;2*1H. The Bertz CT molecular complexity index is 707. The second kappa shape index (κ2) is 11.0. The number of para-hydroxylation sites is 2. The van der Waals surface area contributed by atoms with E-state index in [1.54, 1.807) is 7.11 Å². The summed E-state index contributed by atoms with van der Waals surface area (Å²) in [7, 11) is 1.68. The third-order valence-electron chi connectivity index (χ3n) is 4.68. The van der Waals surface area contributed by atoms with E-state index in [0.29, 0.717) is 19.5 Å². The minimum absolute atomic E-state index is 0. The fourth-order valence-electron chi connectivity index (χ4n) is 3.22. The van der Waals surface area contributed by atoms with Crippen molar-refractivity contribution in [3.63, 3.8) is 0 Å². The summed E-state index contributed by atoms with van der Waals surface area (Å²) in [6.07, 6.45) is 0.346. The lowest BCUT2D eigenvalue weighted by molar-refractivity contribution is -0.131. The molecule has 2 aromatic carbocycles. The molecule has 5 nitrogen and oxygen atoms in total. The van der Waals surface area contributed by atoms with Gasteiger partial charge in [0, 0.05) is 38.6 Å². The minimum Gasteiger partial charge on any atom is -0.495 e. The Hall–Kier alpha value is -1.95. The van der Waals surface area contributed by atoms with Crippen molar-refractivity contribution in [3.05, 3.63) is 60.2 Å². The number of carbonyl (C=O) groups excluding carboxylic acids is 1. The van der Waals surface area contributed by atoms with Crippen LogP contribution in [0.15, 0.2) is 54.6 Å². The molecule has 0 saturated carbocycles. The maximum Gasteiger partial charge on any atom is 0.224 e. The summed E-state index contributed by atoms with van der Waals surface area (Å²) in [5.74, 6) is 0.990. The fourth-order valence-corrected chi connectivity index (χ4v) is 3.22. The Labute approximate surface area is 173 Å². The molecule has 2 N–H and O–H groups in total. The van der Waals surface area contributed by atoms with Gasteiger partial charge in [0.1, 0.15) is 5.75 Å². The molecule has 3 rings (SSSR count). The maximum atomic E-state index is 12.6. The summed E-state index contributed by atoms with van der Waals surface area (Å²) >= 11 is 0. The Balaban J connectivity index is 0.00000182. The van der Waals surface area contributed by atoms with E-state index >= 15 is 0 Å². The zero-order valence-electron chi connectivity index (χ0n) is 15.4. The summed E-state index contributed by atoms with van der Waals surface area (Å²) < 4.78 is 5.44. The average Bonchev–Trinajstić information content (AvgIpc) is 2.68. The van der Waals surface area contributed by atoms with E-state index in [1.165, 1.54) is 0 Å². The third kappa shape index (κ3) is 5.76. The number of hydrogen-bond donors (Lipinski definition) is 1. The highest BCUT2D eigenvalue weighted by atomic mass is 35.5. The minimum atomic E-state index is -0.249. The summed E-state index contributed by atoms with van der Waals surface area (Å²) in [5, 5.41) is 0. The maximum absolute atomic E-state index is 12.6. The molecule has 0 aliphatic carbocycles. The van der Waals surface area contributed by atoms with Crippen LogP contribution < -0.4 is 15.4 Å². The van der Waals surface area contributed by atoms with Crippen LogP contribution in [-0.2, 0) is 4.79 Å². The van der Waals surface area contributed by atoms with Crippen molar-refractivity contribution in [2.75, 3.05) is 38.2 Å². The van der Waals surface area contributed by atoms with Gasteiger partial charge < -0.3 is 20.3 Å². The number of rotatable bonds is 5. The molecule has 0 aromatic heterocycles. The molecule has 0 spiro atoms. The van der Waals surface area contributed by atoms with E-state index in [0.717, 1.165) is 30.1 Å². The highest BCUT2D eigenvalue weighted by Gasteiger charge is 2.24. The van der Waals surface area contributed by atoms with Crippen LogP contribution >= 0.6 is 24.8 Å². The molecule has 7 heteroatoms. The van der Waals surface area contributed by atoms with E-state index in [2.05, 4.69) is 11.0 Å². The van der Waals surface area contributed by atoms with E-state index in [-0.39, 0.29) is 36.8 Å². The van der Waals surface area contributed by atoms with Gasteiger partial charge in [-0.2, -0.15) is 0 Å². The molecule has 148 valence electrons. The number of methoxy groups -OCH3 is 1. The molecular weight excluding hydrogens is 385 g/mol. The largest absolute Gasteiger partial charge is 0.495 e. The van der Waals surface area contributed by atoms with Crippen LogP contribution in [-0.4, -0.2) is 44.1 Å². The topological polar surface area (TPSA) is 58.8 Å². The molecule has 27 heavy (non-hydrogen) atoms.